The normalized spacial score (nSPS) is 22.8. The van der Waals surface area contributed by atoms with E-state index in [2.05, 4.69) is 11.9 Å². The van der Waals surface area contributed by atoms with Crippen molar-refractivity contribution in [3.05, 3.63) is 26.4 Å². The van der Waals surface area contributed by atoms with Gasteiger partial charge in [0, 0.05) is 11.3 Å². The maximum atomic E-state index is 11.9. The number of aromatic amines is 1. The van der Waals surface area contributed by atoms with Crippen LogP contribution in [0.1, 0.15) is 44.7 Å². The highest BCUT2D eigenvalue weighted by atomic mass is 32.2. The van der Waals surface area contributed by atoms with Crippen molar-refractivity contribution in [1.29, 1.82) is 0 Å². The van der Waals surface area contributed by atoms with Gasteiger partial charge in [-0.2, -0.15) is 11.8 Å². The third-order valence-corrected chi connectivity index (χ3v) is 4.92. The molecule has 1 saturated carbocycles. The number of thioether (sulfide) groups is 1. The first kappa shape index (κ1) is 14.2. The third kappa shape index (κ3) is 2.73. The largest absolute Gasteiger partial charge is 0.494 e. The molecule has 0 aromatic carbocycles. The van der Waals surface area contributed by atoms with Gasteiger partial charge in [-0.05, 0) is 31.4 Å². The van der Waals surface area contributed by atoms with Gasteiger partial charge in [0.2, 0.25) is 5.88 Å². The Bertz CT molecular complexity index is 564. The molecule has 1 heterocycles. The number of nitrogens with one attached hydrogen (secondary N) is 1. The Balaban J connectivity index is 2.36. The van der Waals surface area contributed by atoms with Crippen LogP contribution in [0.4, 0.5) is 0 Å². The Morgan fingerprint density at radius 2 is 2.11 bits per heavy atom. The van der Waals surface area contributed by atoms with Crippen LogP contribution in [0.3, 0.4) is 0 Å². The summed E-state index contributed by atoms with van der Waals surface area (Å²) in [4.78, 5) is 25.8. The lowest BCUT2D eigenvalue weighted by atomic mass is 10.2. The van der Waals surface area contributed by atoms with Gasteiger partial charge in [0.1, 0.15) is 0 Å². The lowest BCUT2D eigenvalue weighted by Gasteiger charge is -2.17. The molecular weight excluding hydrogens is 264 g/mol. The SMILES string of the molecule is CCSC1CCC(n2c(O)c(CC)c(=O)[nH]c2=O)C1. The summed E-state index contributed by atoms with van der Waals surface area (Å²) in [5.74, 6) is 0.910. The minimum Gasteiger partial charge on any atom is -0.494 e. The first-order chi connectivity index (χ1) is 9.08. The van der Waals surface area contributed by atoms with Crippen molar-refractivity contribution in [2.45, 2.75) is 50.8 Å². The van der Waals surface area contributed by atoms with Gasteiger partial charge >= 0.3 is 5.69 Å². The Morgan fingerprint density at radius 1 is 1.37 bits per heavy atom. The van der Waals surface area contributed by atoms with Crippen LogP contribution in [0.2, 0.25) is 0 Å². The Labute approximate surface area is 116 Å². The molecule has 1 aromatic heterocycles. The van der Waals surface area contributed by atoms with E-state index in [-0.39, 0.29) is 11.9 Å². The second-order valence-electron chi connectivity index (χ2n) is 4.83. The van der Waals surface area contributed by atoms with Crippen molar-refractivity contribution in [2.24, 2.45) is 0 Å². The molecule has 0 spiro atoms. The first-order valence-corrected chi connectivity index (χ1v) is 7.81. The van der Waals surface area contributed by atoms with Gasteiger partial charge in [0.15, 0.2) is 0 Å². The molecule has 0 saturated heterocycles. The predicted molar refractivity (Wildman–Crippen MR) is 77.2 cm³/mol. The Morgan fingerprint density at radius 3 is 2.74 bits per heavy atom. The fourth-order valence-corrected chi connectivity index (χ4v) is 3.90. The molecule has 0 amide bonds. The third-order valence-electron chi connectivity index (χ3n) is 3.69. The summed E-state index contributed by atoms with van der Waals surface area (Å²) >= 11 is 1.89. The minimum absolute atomic E-state index is 0.00120. The summed E-state index contributed by atoms with van der Waals surface area (Å²) in [5, 5.41) is 10.7. The highest BCUT2D eigenvalue weighted by Crippen LogP contribution is 2.37. The lowest BCUT2D eigenvalue weighted by molar-refractivity contribution is 0.358. The van der Waals surface area contributed by atoms with Crippen molar-refractivity contribution < 1.29 is 5.11 Å². The van der Waals surface area contributed by atoms with Crippen LogP contribution in [0.5, 0.6) is 5.88 Å². The van der Waals surface area contributed by atoms with Gasteiger partial charge in [0.25, 0.3) is 5.56 Å². The maximum Gasteiger partial charge on any atom is 0.331 e. The molecule has 5 nitrogen and oxygen atoms in total. The number of aromatic nitrogens is 2. The molecule has 106 valence electrons. The highest BCUT2D eigenvalue weighted by molar-refractivity contribution is 7.99. The topological polar surface area (TPSA) is 75.1 Å². The van der Waals surface area contributed by atoms with E-state index >= 15 is 0 Å². The van der Waals surface area contributed by atoms with Gasteiger partial charge in [-0.1, -0.05) is 13.8 Å². The van der Waals surface area contributed by atoms with Crippen LogP contribution in [0.25, 0.3) is 0 Å². The van der Waals surface area contributed by atoms with E-state index in [1.165, 1.54) is 4.57 Å². The number of H-pyrrole nitrogens is 1. The molecule has 2 N–H and O–H groups in total. The maximum absolute atomic E-state index is 11.9. The van der Waals surface area contributed by atoms with Gasteiger partial charge in [0.05, 0.1) is 5.56 Å². The van der Waals surface area contributed by atoms with Crippen molar-refractivity contribution in [3.63, 3.8) is 0 Å². The monoisotopic (exact) mass is 284 g/mol. The number of hydrogen-bond acceptors (Lipinski definition) is 4. The average Bonchev–Trinajstić information content (AvgIpc) is 2.78. The van der Waals surface area contributed by atoms with Crippen LogP contribution in [-0.2, 0) is 6.42 Å². The predicted octanol–water partition coefficient (Wildman–Crippen LogP) is 1.65. The molecule has 1 aliphatic rings. The van der Waals surface area contributed by atoms with Crippen LogP contribution >= 0.6 is 11.8 Å². The second-order valence-corrected chi connectivity index (χ2v) is 6.41. The van der Waals surface area contributed by atoms with Crippen molar-refractivity contribution in [3.8, 4) is 5.88 Å². The molecule has 2 unspecified atom stereocenters. The van der Waals surface area contributed by atoms with Gasteiger partial charge in [-0.25, -0.2) is 4.79 Å². The highest BCUT2D eigenvalue weighted by Gasteiger charge is 2.29. The van der Waals surface area contributed by atoms with E-state index in [0.717, 1.165) is 25.0 Å². The van der Waals surface area contributed by atoms with E-state index in [4.69, 9.17) is 0 Å². The van der Waals surface area contributed by atoms with Crippen LogP contribution < -0.4 is 11.2 Å². The van der Waals surface area contributed by atoms with Crippen molar-refractivity contribution >= 4 is 11.8 Å². The zero-order valence-corrected chi connectivity index (χ0v) is 12.1. The summed E-state index contributed by atoms with van der Waals surface area (Å²) in [5.41, 5.74) is -0.670. The van der Waals surface area contributed by atoms with Gasteiger partial charge < -0.3 is 5.11 Å². The Hall–Kier alpha value is -1.17. The molecule has 19 heavy (non-hydrogen) atoms. The van der Waals surface area contributed by atoms with Gasteiger partial charge in [-0.3, -0.25) is 14.3 Å². The molecule has 0 aliphatic heterocycles. The number of rotatable bonds is 4. The summed E-state index contributed by atoms with van der Waals surface area (Å²) in [6.45, 7) is 3.92. The first-order valence-electron chi connectivity index (χ1n) is 6.76. The summed E-state index contributed by atoms with van der Waals surface area (Å²) in [7, 11) is 0. The average molecular weight is 284 g/mol. The molecule has 1 fully saturated rings. The standard InChI is InChI=1S/C13H20N2O3S/c1-3-10-11(16)14-13(18)15(12(10)17)8-5-6-9(7-8)19-4-2/h8-9,17H,3-7H2,1-2H3,(H,14,16,18). The quantitative estimate of drug-likeness (QED) is 0.881. The molecule has 1 aromatic rings. The second kappa shape index (κ2) is 5.86. The fraction of sp³-hybridized carbons (Fsp3) is 0.692. The molecule has 0 bridgehead atoms. The minimum atomic E-state index is -0.494. The number of hydrogen-bond donors (Lipinski definition) is 2. The van der Waals surface area contributed by atoms with Crippen LogP contribution in [0, 0.1) is 0 Å². The van der Waals surface area contributed by atoms with Crippen molar-refractivity contribution in [1.82, 2.24) is 9.55 Å². The zero-order valence-electron chi connectivity index (χ0n) is 11.3. The zero-order chi connectivity index (χ0) is 14.0. The van der Waals surface area contributed by atoms with E-state index in [9.17, 15) is 14.7 Å². The van der Waals surface area contributed by atoms with Crippen LogP contribution in [-0.4, -0.2) is 25.7 Å². The fourth-order valence-electron chi connectivity index (χ4n) is 2.77. The molecule has 2 rings (SSSR count). The lowest BCUT2D eigenvalue weighted by Crippen LogP contribution is -2.34. The van der Waals surface area contributed by atoms with Gasteiger partial charge in [-0.15, -0.1) is 0 Å². The van der Waals surface area contributed by atoms with E-state index in [1.807, 2.05) is 11.8 Å². The molecule has 2 atom stereocenters. The molecule has 1 aliphatic carbocycles. The van der Waals surface area contributed by atoms with E-state index in [1.54, 1.807) is 6.92 Å². The van der Waals surface area contributed by atoms with Crippen molar-refractivity contribution in [2.75, 3.05) is 5.75 Å². The summed E-state index contributed by atoms with van der Waals surface area (Å²) in [6, 6.07) is -0.00120. The van der Waals surface area contributed by atoms with E-state index < -0.39 is 11.2 Å². The Kier molecular flexibility index (Phi) is 4.39. The molecular formula is C13H20N2O3S. The summed E-state index contributed by atoms with van der Waals surface area (Å²) in [6.07, 6.45) is 3.22. The van der Waals surface area contributed by atoms with E-state index in [0.29, 0.717) is 17.2 Å². The smallest absolute Gasteiger partial charge is 0.331 e. The van der Waals surface area contributed by atoms with Crippen LogP contribution in [0.15, 0.2) is 9.59 Å². The molecule has 6 heteroatoms. The molecule has 0 radical (unpaired) electrons. The number of aromatic hydroxyl groups is 1. The number of nitrogens with zero attached hydrogens (tertiary/aromatic N) is 1. The summed E-state index contributed by atoms with van der Waals surface area (Å²) < 4.78 is 1.37.